The molecular formula is C25H25FO4. The molecular weight excluding hydrogens is 383 g/mol. The van der Waals surface area contributed by atoms with Gasteiger partial charge in [0.1, 0.15) is 29.3 Å². The molecule has 3 aliphatic heterocycles. The minimum atomic E-state index is -0.883. The second-order valence-electron chi connectivity index (χ2n) is 9.11. The minimum Gasteiger partial charge on any atom is -0.493 e. The van der Waals surface area contributed by atoms with E-state index in [0.717, 1.165) is 53.9 Å². The number of Topliss-reactive ketones (excluding diaryl/α,β-unsaturated/α-hetero) is 1. The fraction of sp³-hybridized carbons (Fsp3) is 0.480. The fourth-order valence-corrected chi connectivity index (χ4v) is 5.97. The van der Waals surface area contributed by atoms with Crippen molar-refractivity contribution in [1.29, 1.82) is 0 Å². The molecule has 5 heteroatoms. The van der Waals surface area contributed by atoms with Gasteiger partial charge in [0.15, 0.2) is 5.78 Å². The lowest BCUT2D eigenvalue weighted by Gasteiger charge is -2.42. The van der Waals surface area contributed by atoms with Crippen molar-refractivity contribution >= 4 is 5.78 Å². The highest BCUT2D eigenvalue weighted by Crippen LogP contribution is 2.55. The summed E-state index contributed by atoms with van der Waals surface area (Å²) in [7, 11) is 0. The van der Waals surface area contributed by atoms with Crippen LogP contribution in [0.2, 0.25) is 0 Å². The van der Waals surface area contributed by atoms with E-state index in [0.29, 0.717) is 18.8 Å². The number of hydrogen-bond acceptors (Lipinski definition) is 4. The predicted octanol–water partition coefficient (Wildman–Crippen LogP) is 4.31. The molecule has 1 fully saturated rings. The van der Waals surface area contributed by atoms with Crippen LogP contribution in [0.25, 0.3) is 0 Å². The van der Waals surface area contributed by atoms with Crippen molar-refractivity contribution in [1.82, 2.24) is 0 Å². The van der Waals surface area contributed by atoms with E-state index in [1.807, 2.05) is 6.07 Å². The van der Waals surface area contributed by atoms with Gasteiger partial charge < -0.3 is 14.2 Å². The molecule has 6 rings (SSSR count). The molecule has 1 saturated heterocycles. The van der Waals surface area contributed by atoms with E-state index >= 15 is 0 Å². The molecule has 0 N–H and O–H groups in total. The van der Waals surface area contributed by atoms with Crippen LogP contribution in [0.1, 0.15) is 54.4 Å². The van der Waals surface area contributed by atoms with Gasteiger partial charge in [-0.05, 0) is 60.1 Å². The Morgan fingerprint density at radius 3 is 2.83 bits per heavy atom. The van der Waals surface area contributed by atoms with E-state index in [-0.39, 0.29) is 36.1 Å². The zero-order valence-corrected chi connectivity index (χ0v) is 17.1. The predicted molar refractivity (Wildman–Crippen MR) is 109 cm³/mol. The smallest absolute Gasteiger partial charge is 0.155 e. The molecule has 156 valence electrons. The number of fused-ring (bicyclic) bond motifs is 5. The molecule has 30 heavy (non-hydrogen) atoms. The quantitative estimate of drug-likeness (QED) is 0.743. The first-order chi connectivity index (χ1) is 14.6. The van der Waals surface area contributed by atoms with Gasteiger partial charge in [-0.25, -0.2) is 4.39 Å². The van der Waals surface area contributed by atoms with Crippen LogP contribution in [0.4, 0.5) is 4.39 Å². The molecule has 0 amide bonds. The molecule has 4 unspecified atom stereocenters. The lowest BCUT2D eigenvalue weighted by Crippen LogP contribution is -2.49. The van der Waals surface area contributed by atoms with Crippen molar-refractivity contribution in [3.8, 4) is 11.5 Å². The van der Waals surface area contributed by atoms with Gasteiger partial charge in [-0.1, -0.05) is 13.0 Å². The van der Waals surface area contributed by atoms with Gasteiger partial charge in [-0.2, -0.15) is 0 Å². The van der Waals surface area contributed by atoms with Gasteiger partial charge in [0, 0.05) is 30.6 Å². The Balaban J connectivity index is 1.53. The highest BCUT2D eigenvalue weighted by Gasteiger charge is 2.56. The SMILES string of the molecule is CC1c2cc(F)ccc2C2(COc3cc4c(cc32)CCO4)C(=O)C1CC1CCCO1. The Morgan fingerprint density at radius 2 is 2.00 bits per heavy atom. The first kappa shape index (κ1) is 18.4. The molecule has 0 radical (unpaired) electrons. The average Bonchev–Trinajstić information content (AvgIpc) is 3.48. The highest BCUT2D eigenvalue weighted by molar-refractivity contribution is 6.00. The van der Waals surface area contributed by atoms with E-state index < -0.39 is 5.41 Å². The molecule has 4 aliphatic rings. The second-order valence-corrected chi connectivity index (χ2v) is 9.11. The van der Waals surface area contributed by atoms with Crippen LogP contribution in [0.3, 0.4) is 0 Å². The molecule has 2 aromatic rings. The summed E-state index contributed by atoms with van der Waals surface area (Å²) in [5, 5.41) is 0. The number of rotatable bonds is 2. The van der Waals surface area contributed by atoms with Crippen LogP contribution in [0, 0.1) is 11.7 Å². The van der Waals surface area contributed by atoms with Crippen molar-refractivity contribution in [2.75, 3.05) is 19.8 Å². The van der Waals surface area contributed by atoms with Crippen LogP contribution < -0.4 is 9.47 Å². The number of benzene rings is 2. The fourth-order valence-electron chi connectivity index (χ4n) is 5.97. The number of carbonyl (C=O) groups is 1. The monoisotopic (exact) mass is 408 g/mol. The zero-order valence-electron chi connectivity index (χ0n) is 17.1. The van der Waals surface area contributed by atoms with E-state index in [4.69, 9.17) is 14.2 Å². The normalized spacial score (nSPS) is 31.3. The number of ether oxygens (including phenoxy) is 3. The van der Waals surface area contributed by atoms with E-state index in [2.05, 4.69) is 13.0 Å². The Bertz CT molecular complexity index is 1040. The molecule has 1 aliphatic carbocycles. The Morgan fingerprint density at radius 1 is 1.10 bits per heavy atom. The maximum Gasteiger partial charge on any atom is 0.155 e. The Kier molecular flexibility index (Phi) is 4.01. The topological polar surface area (TPSA) is 44.8 Å². The summed E-state index contributed by atoms with van der Waals surface area (Å²) in [6.07, 6.45) is 3.63. The summed E-state index contributed by atoms with van der Waals surface area (Å²) in [4.78, 5) is 14.2. The van der Waals surface area contributed by atoms with Crippen molar-refractivity contribution in [3.63, 3.8) is 0 Å². The minimum absolute atomic E-state index is 0.0557. The summed E-state index contributed by atoms with van der Waals surface area (Å²) in [6.45, 7) is 3.72. The lowest BCUT2D eigenvalue weighted by molar-refractivity contribution is -0.130. The molecule has 4 nitrogen and oxygen atoms in total. The number of ketones is 1. The highest BCUT2D eigenvalue weighted by atomic mass is 19.1. The molecule has 4 atom stereocenters. The van der Waals surface area contributed by atoms with Gasteiger partial charge >= 0.3 is 0 Å². The van der Waals surface area contributed by atoms with Crippen LogP contribution in [-0.4, -0.2) is 31.7 Å². The maximum atomic E-state index is 14.3. The zero-order chi connectivity index (χ0) is 20.5. The average molecular weight is 408 g/mol. The lowest BCUT2D eigenvalue weighted by atomic mass is 9.58. The van der Waals surface area contributed by atoms with Crippen LogP contribution >= 0.6 is 0 Å². The molecule has 0 bridgehead atoms. The Labute approximate surface area is 175 Å². The summed E-state index contributed by atoms with van der Waals surface area (Å²) < 4.78 is 32.0. The van der Waals surface area contributed by atoms with Crippen molar-refractivity contribution < 1.29 is 23.4 Å². The third kappa shape index (κ3) is 2.45. The second kappa shape index (κ2) is 6.55. The molecule has 1 spiro atoms. The maximum absolute atomic E-state index is 14.3. The molecule has 0 saturated carbocycles. The first-order valence-corrected chi connectivity index (χ1v) is 11.0. The van der Waals surface area contributed by atoms with Gasteiger partial charge in [0.05, 0.1) is 12.7 Å². The summed E-state index contributed by atoms with van der Waals surface area (Å²) in [5.41, 5.74) is 2.96. The molecule has 2 aromatic carbocycles. The molecule has 0 aromatic heterocycles. The van der Waals surface area contributed by atoms with E-state index in [1.165, 1.54) is 6.07 Å². The van der Waals surface area contributed by atoms with Gasteiger partial charge in [-0.3, -0.25) is 4.79 Å². The first-order valence-electron chi connectivity index (χ1n) is 11.0. The summed E-state index contributed by atoms with van der Waals surface area (Å²) >= 11 is 0. The van der Waals surface area contributed by atoms with Crippen molar-refractivity contribution in [3.05, 3.63) is 58.4 Å². The van der Waals surface area contributed by atoms with E-state index in [9.17, 15) is 9.18 Å². The van der Waals surface area contributed by atoms with Crippen LogP contribution in [0.15, 0.2) is 30.3 Å². The number of halogens is 1. The van der Waals surface area contributed by atoms with Crippen LogP contribution in [-0.2, 0) is 21.4 Å². The van der Waals surface area contributed by atoms with Crippen molar-refractivity contribution in [2.45, 2.75) is 50.0 Å². The number of carbonyl (C=O) groups excluding carboxylic acids is 1. The van der Waals surface area contributed by atoms with Crippen LogP contribution in [0.5, 0.6) is 11.5 Å². The standard InChI is InChI=1S/C25H25FO4/c1-14-18-10-16(26)4-5-20(18)25(24(27)19(14)11-17-3-2-7-28-17)13-30-23-12-22-15(6-8-29-22)9-21(23)25/h4-5,9-10,12,14,17,19H,2-3,6-8,11,13H2,1H3. The van der Waals surface area contributed by atoms with Gasteiger partial charge in [0.25, 0.3) is 0 Å². The van der Waals surface area contributed by atoms with Gasteiger partial charge in [-0.15, -0.1) is 0 Å². The largest absolute Gasteiger partial charge is 0.493 e. The summed E-state index contributed by atoms with van der Waals surface area (Å²) in [5.74, 6) is 1.20. The van der Waals surface area contributed by atoms with Crippen molar-refractivity contribution in [2.24, 2.45) is 5.92 Å². The molecule has 3 heterocycles. The van der Waals surface area contributed by atoms with E-state index in [1.54, 1.807) is 12.1 Å². The third-order valence-electron chi connectivity index (χ3n) is 7.56. The van der Waals surface area contributed by atoms with Gasteiger partial charge in [0.2, 0.25) is 0 Å². The summed E-state index contributed by atoms with van der Waals surface area (Å²) in [6, 6.07) is 8.90. The Hall–Kier alpha value is -2.40. The number of hydrogen-bond donors (Lipinski definition) is 0. The third-order valence-corrected chi connectivity index (χ3v) is 7.56.